The Morgan fingerprint density at radius 3 is 2.50 bits per heavy atom. The highest BCUT2D eigenvalue weighted by atomic mass is 28.2. The molecule has 0 saturated carbocycles. The molecule has 0 aliphatic heterocycles. The predicted molar refractivity (Wildman–Crippen MR) is 56.2 cm³/mol. The average molecular weight is 190 g/mol. The molecule has 0 fully saturated rings. The Bertz CT molecular complexity index is 120. The molecule has 0 heterocycles. The van der Waals surface area contributed by atoms with Crippen molar-refractivity contribution in [3.8, 4) is 0 Å². The fraction of sp³-hybridized carbons (Fsp3) is 1.00. The van der Waals surface area contributed by atoms with Gasteiger partial charge in [0.25, 0.3) is 0 Å². The van der Waals surface area contributed by atoms with E-state index in [1.807, 2.05) is 0 Å². The van der Waals surface area contributed by atoms with Crippen LogP contribution in [0.3, 0.4) is 0 Å². The lowest BCUT2D eigenvalue weighted by atomic mass is 9.97. The van der Waals surface area contributed by atoms with Crippen LogP contribution in [-0.4, -0.2) is 35.2 Å². The van der Waals surface area contributed by atoms with Gasteiger partial charge in [0.1, 0.15) is 10.5 Å². The Labute approximate surface area is 78.6 Å². The Morgan fingerprint density at radius 2 is 2.17 bits per heavy atom. The summed E-state index contributed by atoms with van der Waals surface area (Å²) in [7, 11) is 0.787. The SMILES string of the molecule is CCC(NCCN)C(C)(C)O[SiH3]. The van der Waals surface area contributed by atoms with Gasteiger partial charge in [-0.2, -0.15) is 0 Å². The van der Waals surface area contributed by atoms with Crippen molar-refractivity contribution < 1.29 is 4.43 Å². The first-order valence-corrected chi connectivity index (χ1v) is 5.38. The first-order valence-electron chi connectivity index (χ1n) is 4.57. The van der Waals surface area contributed by atoms with Gasteiger partial charge in [0.2, 0.25) is 0 Å². The van der Waals surface area contributed by atoms with E-state index in [0.717, 1.165) is 23.5 Å². The fourth-order valence-corrected chi connectivity index (χ4v) is 1.57. The fourth-order valence-electron chi connectivity index (χ4n) is 1.28. The molecule has 0 amide bonds. The Morgan fingerprint density at radius 1 is 1.58 bits per heavy atom. The minimum absolute atomic E-state index is 0.0455. The van der Waals surface area contributed by atoms with Crippen molar-refractivity contribution in [2.45, 2.75) is 38.8 Å². The van der Waals surface area contributed by atoms with Crippen LogP contribution in [0, 0.1) is 0 Å². The van der Waals surface area contributed by atoms with E-state index in [4.69, 9.17) is 10.2 Å². The van der Waals surface area contributed by atoms with E-state index in [1.165, 1.54) is 0 Å². The van der Waals surface area contributed by atoms with Gasteiger partial charge in [-0.05, 0) is 20.3 Å². The molecule has 0 saturated heterocycles. The molecular formula is C8H22N2OSi. The third kappa shape index (κ3) is 3.67. The molecule has 12 heavy (non-hydrogen) atoms. The van der Waals surface area contributed by atoms with Crippen molar-refractivity contribution in [3.05, 3.63) is 0 Å². The van der Waals surface area contributed by atoms with Gasteiger partial charge < -0.3 is 15.5 Å². The van der Waals surface area contributed by atoms with Crippen LogP contribution in [0.1, 0.15) is 27.2 Å². The van der Waals surface area contributed by atoms with Crippen LogP contribution in [0.15, 0.2) is 0 Å². The summed E-state index contributed by atoms with van der Waals surface area (Å²) in [5.74, 6) is 0. The molecule has 0 aromatic carbocycles. The topological polar surface area (TPSA) is 47.3 Å². The van der Waals surface area contributed by atoms with Crippen molar-refractivity contribution in [1.82, 2.24) is 5.32 Å². The summed E-state index contributed by atoms with van der Waals surface area (Å²) in [5.41, 5.74) is 5.38. The van der Waals surface area contributed by atoms with Crippen molar-refractivity contribution in [2.24, 2.45) is 5.73 Å². The number of rotatable bonds is 6. The molecule has 0 aromatic rings. The van der Waals surface area contributed by atoms with Gasteiger partial charge in [0, 0.05) is 19.1 Å². The van der Waals surface area contributed by atoms with Gasteiger partial charge in [-0.3, -0.25) is 0 Å². The summed E-state index contributed by atoms with van der Waals surface area (Å²) in [6, 6.07) is 0.415. The largest absolute Gasteiger partial charge is 0.421 e. The zero-order valence-corrected chi connectivity index (χ0v) is 10.7. The van der Waals surface area contributed by atoms with Gasteiger partial charge in [-0.1, -0.05) is 6.92 Å². The molecule has 4 heteroatoms. The first-order chi connectivity index (χ1) is 5.58. The molecule has 0 bridgehead atoms. The lowest BCUT2D eigenvalue weighted by molar-refractivity contribution is 0.0733. The zero-order valence-electron chi connectivity index (χ0n) is 8.68. The lowest BCUT2D eigenvalue weighted by Gasteiger charge is -2.33. The standard InChI is InChI=1S/C8H22N2OSi/c1-4-7(10-6-5-9)8(2,3)11-12/h7,10H,4-6,9H2,1-3,12H3. The third-order valence-corrected chi connectivity index (χ3v) is 3.36. The van der Waals surface area contributed by atoms with E-state index in [0.29, 0.717) is 12.6 Å². The molecule has 0 aliphatic carbocycles. The molecule has 0 aromatic heterocycles. The van der Waals surface area contributed by atoms with E-state index in [9.17, 15) is 0 Å². The monoisotopic (exact) mass is 190 g/mol. The van der Waals surface area contributed by atoms with Crippen LogP contribution in [-0.2, 0) is 4.43 Å². The highest BCUT2D eigenvalue weighted by Crippen LogP contribution is 2.15. The first kappa shape index (κ1) is 12.1. The Balaban J connectivity index is 3.95. The van der Waals surface area contributed by atoms with Crippen LogP contribution in [0.2, 0.25) is 0 Å². The molecule has 0 spiro atoms. The summed E-state index contributed by atoms with van der Waals surface area (Å²) < 4.78 is 5.52. The molecule has 3 nitrogen and oxygen atoms in total. The molecule has 0 rings (SSSR count). The normalized spacial score (nSPS) is 15.0. The number of nitrogens with two attached hydrogens (primary N) is 1. The Hall–Kier alpha value is 0.0969. The minimum Gasteiger partial charge on any atom is -0.421 e. The highest BCUT2D eigenvalue weighted by molar-refractivity contribution is 5.98. The number of nitrogens with one attached hydrogen (secondary N) is 1. The summed E-state index contributed by atoms with van der Waals surface area (Å²) in [6.07, 6.45) is 1.08. The smallest absolute Gasteiger partial charge is 0.146 e. The second kappa shape index (κ2) is 5.69. The van der Waals surface area contributed by atoms with Gasteiger partial charge in [0.05, 0.1) is 5.60 Å². The summed E-state index contributed by atoms with van der Waals surface area (Å²) in [6.45, 7) is 7.96. The maximum Gasteiger partial charge on any atom is 0.146 e. The quantitative estimate of drug-likeness (QED) is 0.549. The maximum absolute atomic E-state index is 5.52. The Kier molecular flexibility index (Phi) is 5.74. The summed E-state index contributed by atoms with van der Waals surface area (Å²) >= 11 is 0. The molecule has 74 valence electrons. The van der Waals surface area contributed by atoms with Gasteiger partial charge >= 0.3 is 0 Å². The highest BCUT2D eigenvalue weighted by Gasteiger charge is 2.25. The second-order valence-corrected chi connectivity index (χ2v) is 3.92. The molecule has 1 atom stereocenters. The maximum atomic E-state index is 5.52. The molecule has 1 unspecified atom stereocenters. The van der Waals surface area contributed by atoms with E-state index in [-0.39, 0.29) is 5.60 Å². The van der Waals surface area contributed by atoms with Crippen LogP contribution in [0.25, 0.3) is 0 Å². The third-order valence-electron chi connectivity index (χ3n) is 2.31. The van der Waals surface area contributed by atoms with E-state index in [2.05, 4.69) is 26.1 Å². The van der Waals surface area contributed by atoms with Crippen molar-refractivity contribution in [3.63, 3.8) is 0 Å². The molecule has 0 radical (unpaired) electrons. The molecular weight excluding hydrogens is 168 g/mol. The molecule has 3 N–H and O–H groups in total. The predicted octanol–water partition coefficient (Wildman–Crippen LogP) is -0.611. The summed E-state index contributed by atoms with van der Waals surface area (Å²) in [4.78, 5) is 0. The van der Waals surface area contributed by atoms with Crippen molar-refractivity contribution in [1.29, 1.82) is 0 Å². The van der Waals surface area contributed by atoms with Crippen LogP contribution < -0.4 is 11.1 Å². The lowest BCUT2D eigenvalue weighted by Crippen LogP contribution is -2.49. The van der Waals surface area contributed by atoms with Crippen LogP contribution in [0.5, 0.6) is 0 Å². The average Bonchev–Trinajstić information content (AvgIpc) is 2.05. The number of hydrogen-bond acceptors (Lipinski definition) is 3. The van der Waals surface area contributed by atoms with Crippen molar-refractivity contribution >= 4 is 10.5 Å². The van der Waals surface area contributed by atoms with Gasteiger partial charge in [-0.15, -0.1) is 0 Å². The number of hydrogen-bond donors (Lipinski definition) is 2. The van der Waals surface area contributed by atoms with E-state index in [1.54, 1.807) is 0 Å². The second-order valence-electron chi connectivity index (χ2n) is 3.51. The van der Waals surface area contributed by atoms with Gasteiger partial charge in [0.15, 0.2) is 0 Å². The van der Waals surface area contributed by atoms with Crippen molar-refractivity contribution in [2.75, 3.05) is 13.1 Å². The van der Waals surface area contributed by atoms with E-state index < -0.39 is 0 Å². The van der Waals surface area contributed by atoms with Gasteiger partial charge in [-0.25, -0.2) is 0 Å². The van der Waals surface area contributed by atoms with Crippen LogP contribution in [0.4, 0.5) is 0 Å². The van der Waals surface area contributed by atoms with E-state index >= 15 is 0 Å². The minimum atomic E-state index is -0.0455. The summed E-state index contributed by atoms with van der Waals surface area (Å²) in [5, 5.41) is 3.38. The molecule has 0 aliphatic rings. The van der Waals surface area contributed by atoms with Crippen LogP contribution >= 0.6 is 0 Å². The zero-order chi connectivity index (χ0) is 9.61.